The first-order valence-electron chi connectivity index (χ1n) is 6.32. The quantitative estimate of drug-likeness (QED) is 0.819. The molecule has 0 unspecified atom stereocenters. The molecule has 0 spiro atoms. The summed E-state index contributed by atoms with van der Waals surface area (Å²) in [7, 11) is 1.68. The highest BCUT2D eigenvalue weighted by atomic mass is 16.5. The van der Waals surface area contributed by atoms with E-state index in [2.05, 4.69) is 18.2 Å². The Bertz CT molecular complexity index is 522. The van der Waals surface area contributed by atoms with Crippen molar-refractivity contribution >= 4 is 0 Å². The van der Waals surface area contributed by atoms with Gasteiger partial charge in [0.25, 0.3) is 0 Å². The van der Waals surface area contributed by atoms with Crippen LogP contribution in [0.25, 0.3) is 0 Å². The molecule has 2 aliphatic rings. The third-order valence-corrected chi connectivity index (χ3v) is 4.52. The molecular weight excluding hydrogens is 226 g/mol. The van der Waals surface area contributed by atoms with Gasteiger partial charge in [-0.2, -0.15) is 5.26 Å². The number of hydrogen-bond acceptors (Lipinski definition) is 3. The molecule has 0 amide bonds. The molecule has 1 aliphatic heterocycles. The summed E-state index contributed by atoms with van der Waals surface area (Å²) in [5.74, 6) is 0.899. The van der Waals surface area contributed by atoms with Gasteiger partial charge in [0.05, 0.1) is 37.2 Å². The number of ether oxygens (including phenoxy) is 2. The molecule has 1 heterocycles. The van der Waals surface area contributed by atoms with E-state index in [0.29, 0.717) is 13.2 Å². The fourth-order valence-electron chi connectivity index (χ4n) is 3.02. The van der Waals surface area contributed by atoms with Crippen LogP contribution < -0.4 is 4.74 Å². The molecule has 18 heavy (non-hydrogen) atoms. The van der Waals surface area contributed by atoms with Gasteiger partial charge in [0.1, 0.15) is 5.75 Å². The zero-order valence-electron chi connectivity index (χ0n) is 10.8. The average molecular weight is 243 g/mol. The van der Waals surface area contributed by atoms with Crippen molar-refractivity contribution in [2.45, 2.75) is 25.2 Å². The van der Waals surface area contributed by atoms with Gasteiger partial charge in [-0.3, -0.25) is 0 Å². The smallest absolute Gasteiger partial charge is 0.121 e. The van der Waals surface area contributed by atoms with Crippen molar-refractivity contribution < 1.29 is 9.47 Å². The zero-order valence-corrected chi connectivity index (χ0v) is 10.8. The average Bonchev–Trinajstić information content (AvgIpc) is 3.09. The van der Waals surface area contributed by atoms with E-state index in [4.69, 9.17) is 9.47 Å². The predicted molar refractivity (Wildman–Crippen MR) is 67.5 cm³/mol. The van der Waals surface area contributed by atoms with Crippen molar-refractivity contribution in [1.82, 2.24) is 0 Å². The summed E-state index contributed by atoms with van der Waals surface area (Å²) in [6.45, 7) is 3.39. The minimum Gasteiger partial charge on any atom is -0.496 e. The number of methoxy groups -OCH3 is 1. The first-order chi connectivity index (χ1) is 8.67. The normalized spacial score (nSPS) is 22.7. The fraction of sp³-hybridized carbons (Fsp3) is 0.533. The lowest BCUT2D eigenvalue weighted by Crippen LogP contribution is -2.53. The number of nitrogens with zero attached hydrogens (tertiary/aromatic N) is 1. The lowest BCUT2D eigenvalue weighted by molar-refractivity contribution is -0.0867. The Labute approximate surface area is 107 Å². The van der Waals surface area contributed by atoms with E-state index in [1.807, 2.05) is 13.0 Å². The third kappa shape index (κ3) is 1.33. The Kier molecular flexibility index (Phi) is 2.39. The summed E-state index contributed by atoms with van der Waals surface area (Å²) < 4.78 is 10.7. The van der Waals surface area contributed by atoms with Gasteiger partial charge in [-0.25, -0.2) is 0 Å². The Morgan fingerprint density at radius 2 is 2.06 bits per heavy atom. The molecule has 0 bridgehead atoms. The van der Waals surface area contributed by atoms with Gasteiger partial charge in [0.2, 0.25) is 0 Å². The van der Waals surface area contributed by atoms with Gasteiger partial charge in [-0.15, -0.1) is 0 Å². The summed E-state index contributed by atoms with van der Waals surface area (Å²) >= 11 is 0. The molecule has 3 heteroatoms. The maximum atomic E-state index is 9.46. The van der Waals surface area contributed by atoms with Gasteiger partial charge in [-0.05, 0) is 37.0 Å². The van der Waals surface area contributed by atoms with Crippen LogP contribution in [0.1, 0.15) is 24.0 Å². The van der Waals surface area contributed by atoms with E-state index in [1.54, 1.807) is 7.11 Å². The number of aryl methyl sites for hydroxylation is 1. The molecule has 1 saturated heterocycles. The van der Waals surface area contributed by atoms with Crippen LogP contribution in [0.4, 0.5) is 0 Å². The summed E-state index contributed by atoms with van der Waals surface area (Å²) in [5.41, 5.74) is 2.08. The second-order valence-corrected chi connectivity index (χ2v) is 5.45. The molecule has 0 atom stereocenters. The van der Waals surface area contributed by atoms with Gasteiger partial charge in [-0.1, -0.05) is 12.1 Å². The minimum absolute atomic E-state index is 0.0845. The Balaban J connectivity index is 2.03. The molecule has 0 aromatic heterocycles. The number of benzene rings is 1. The first-order valence-corrected chi connectivity index (χ1v) is 6.32. The van der Waals surface area contributed by atoms with Crippen molar-refractivity contribution in [3.8, 4) is 11.8 Å². The predicted octanol–water partition coefficient (Wildman–Crippen LogP) is 2.58. The van der Waals surface area contributed by atoms with Gasteiger partial charge < -0.3 is 9.47 Å². The van der Waals surface area contributed by atoms with Crippen molar-refractivity contribution in [2.24, 2.45) is 5.41 Å². The van der Waals surface area contributed by atoms with Crippen molar-refractivity contribution in [2.75, 3.05) is 20.3 Å². The molecule has 3 nitrogen and oxygen atoms in total. The maximum Gasteiger partial charge on any atom is 0.121 e. The van der Waals surface area contributed by atoms with Gasteiger partial charge >= 0.3 is 0 Å². The highest BCUT2D eigenvalue weighted by Crippen LogP contribution is 2.62. The van der Waals surface area contributed by atoms with Crippen molar-refractivity contribution in [3.05, 3.63) is 29.3 Å². The molecule has 1 saturated carbocycles. The van der Waals surface area contributed by atoms with Crippen molar-refractivity contribution in [1.29, 1.82) is 5.26 Å². The molecule has 2 fully saturated rings. The largest absolute Gasteiger partial charge is 0.496 e. The number of hydrogen-bond donors (Lipinski definition) is 0. The minimum atomic E-state index is -0.188. The molecule has 0 radical (unpaired) electrons. The second-order valence-electron chi connectivity index (χ2n) is 5.45. The molecule has 3 rings (SSSR count). The van der Waals surface area contributed by atoms with E-state index < -0.39 is 0 Å². The molecule has 0 N–H and O–H groups in total. The first kappa shape index (κ1) is 11.6. The van der Waals surface area contributed by atoms with Crippen molar-refractivity contribution in [3.63, 3.8) is 0 Å². The lowest BCUT2D eigenvalue weighted by atomic mass is 9.66. The SMILES string of the molecule is COc1ccc(C2(C3(C#N)CC3)COC2)cc1C. The van der Waals surface area contributed by atoms with E-state index in [1.165, 1.54) is 5.56 Å². The lowest BCUT2D eigenvalue weighted by Gasteiger charge is -2.45. The summed E-state index contributed by atoms with van der Waals surface area (Å²) in [6.07, 6.45) is 2.00. The highest BCUT2D eigenvalue weighted by Gasteiger charge is 2.64. The number of nitriles is 1. The summed E-state index contributed by atoms with van der Waals surface area (Å²) in [6, 6.07) is 8.77. The molecule has 1 aromatic rings. The fourth-order valence-corrected chi connectivity index (χ4v) is 3.02. The van der Waals surface area contributed by atoms with E-state index in [9.17, 15) is 5.26 Å². The Morgan fingerprint density at radius 3 is 2.44 bits per heavy atom. The van der Waals surface area contributed by atoms with Crippen LogP contribution in [0.2, 0.25) is 0 Å². The maximum absolute atomic E-state index is 9.46. The van der Waals surface area contributed by atoms with E-state index in [-0.39, 0.29) is 10.8 Å². The van der Waals surface area contributed by atoms with Crippen LogP contribution >= 0.6 is 0 Å². The number of rotatable bonds is 3. The zero-order chi connectivity index (χ0) is 12.8. The Morgan fingerprint density at radius 1 is 1.33 bits per heavy atom. The molecular formula is C15H17NO2. The van der Waals surface area contributed by atoms with Crippen LogP contribution in [0.5, 0.6) is 5.75 Å². The van der Waals surface area contributed by atoms with Crippen LogP contribution in [0.3, 0.4) is 0 Å². The third-order valence-electron chi connectivity index (χ3n) is 4.52. The standard InChI is InChI=1S/C15H17NO2/c1-11-7-12(3-4-13(11)17-2)15(9-18-10-15)14(8-16)5-6-14/h3-4,7H,5-6,9-10H2,1-2H3. The van der Waals surface area contributed by atoms with Crippen LogP contribution in [-0.4, -0.2) is 20.3 Å². The Hall–Kier alpha value is -1.53. The summed E-state index contributed by atoms with van der Waals surface area (Å²) in [4.78, 5) is 0. The molecule has 1 aliphatic carbocycles. The topological polar surface area (TPSA) is 42.2 Å². The molecule has 94 valence electrons. The van der Waals surface area contributed by atoms with E-state index >= 15 is 0 Å². The van der Waals surface area contributed by atoms with E-state index in [0.717, 1.165) is 24.2 Å². The van der Waals surface area contributed by atoms with Gasteiger partial charge in [0, 0.05) is 0 Å². The monoisotopic (exact) mass is 243 g/mol. The van der Waals surface area contributed by atoms with Gasteiger partial charge in [0.15, 0.2) is 0 Å². The van der Waals surface area contributed by atoms with Crippen LogP contribution in [0.15, 0.2) is 18.2 Å². The second kappa shape index (κ2) is 3.73. The molecule has 1 aromatic carbocycles. The highest BCUT2D eigenvalue weighted by molar-refractivity contribution is 5.44. The van der Waals surface area contributed by atoms with Crippen LogP contribution in [0, 0.1) is 23.7 Å². The summed E-state index contributed by atoms with van der Waals surface area (Å²) in [5, 5.41) is 9.46. The van der Waals surface area contributed by atoms with Crippen LogP contribution in [-0.2, 0) is 10.2 Å².